The Bertz CT molecular complexity index is 1130. The molecule has 0 spiro atoms. The van der Waals surface area contributed by atoms with Gasteiger partial charge >= 0.3 is 0 Å². The molecule has 0 heterocycles. The lowest BCUT2D eigenvalue weighted by Crippen LogP contribution is -2.51. The van der Waals surface area contributed by atoms with E-state index >= 15 is 0 Å². The van der Waals surface area contributed by atoms with Gasteiger partial charge in [-0.3, -0.25) is 9.59 Å². The number of likely N-dealkylation sites (N-methyl/N-ethyl adjacent to an activating group) is 1. The molecule has 1 atom stereocenters. The first kappa shape index (κ1) is 27.1. The smallest absolute Gasteiger partial charge is 0.243 e. The standard InChI is InChI=1S/C27H27Cl2FN2O2S/c1-2-31-27(34)25(14-19-6-4-3-5-7-19)32(16-21-10-11-22(28)15-24(21)29)26(33)18-35-17-20-8-12-23(30)13-9-20/h3-13,15,25H,2,14,16-18H2,1H3,(H,31,34)/t25-/m0/s1. The van der Waals surface area contributed by atoms with Crippen molar-refractivity contribution in [3.8, 4) is 0 Å². The monoisotopic (exact) mass is 532 g/mol. The van der Waals surface area contributed by atoms with E-state index in [1.807, 2.05) is 37.3 Å². The van der Waals surface area contributed by atoms with Crippen LogP contribution in [-0.2, 0) is 28.3 Å². The quantitative estimate of drug-likeness (QED) is 0.322. The Morgan fingerprint density at radius 3 is 2.37 bits per heavy atom. The molecule has 3 rings (SSSR count). The average Bonchev–Trinajstić information content (AvgIpc) is 2.84. The van der Waals surface area contributed by atoms with Crippen LogP contribution in [0.5, 0.6) is 0 Å². The van der Waals surface area contributed by atoms with Gasteiger partial charge in [0, 0.05) is 35.3 Å². The van der Waals surface area contributed by atoms with Gasteiger partial charge in [-0.1, -0.05) is 71.7 Å². The van der Waals surface area contributed by atoms with Crippen LogP contribution in [0.3, 0.4) is 0 Å². The zero-order valence-corrected chi connectivity index (χ0v) is 21.7. The molecule has 3 aromatic rings. The first-order chi connectivity index (χ1) is 16.9. The lowest BCUT2D eigenvalue weighted by Gasteiger charge is -2.31. The molecule has 0 aliphatic heterocycles. The lowest BCUT2D eigenvalue weighted by atomic mass is 10.0. The number of carbonyl (C=O) groups is 2. The third kappa shape index (κ3) is 8.27. The Morgan fingerprint density at radius 1 is 1.00 bits per heavy atom. The minimum atomic E-state index is -0.719. The van der Waals surface area contributed by atoms with E-state index in [4.69, 9.17) is 23.2 Å². The van der Waals surface area contributed by atoms with Gasteiger partial charge < -0.3 is 10.2 Å². The van der Waals surface area contributed by atoms with Gasteiger partial charge in [0.15, 0.2) is 0 Å². The molecule has 3 aromatic carbocycles. The topological polar surface area (TPSA) is 49.4 Å². The predicted octanol–water partition coefficient (Wildman–Crippen LogP) is 6.14. The average molecular weight is 533 g/mol. The van der Waals surface area contributed by atoms with Crippen molar-refractivity contribution < 1.29 is 14.0 Å². The third-order valence-corrected chi connectivity index (χ3v) is 6.96. The van der Waals surface area contributed by atoms with Crippen molar-refractivity contribution in [2.24, 2.45) is 0 Å². The summed E-state index contributed by atoms with van der Waals surface area (Å²) in [6.45, 7) is 2.46. The molecule has 0 saturated carbocycles. The summed E-state index contributed by atoms with van der Waals surface area (Å²) in [7, 11) is 0. The Labute approximate surface area is 219 Å². The van der Waals surface area contributed by atoms with Crippen LogP contribution in [0.4, 0.5) is 4.39 Å². The van der Waals surface area contributed by atoms with E-state index in [0.29, 0.717) is 34.3 Å². The van der Waals surface area contributed by atoms with Gasteiger partial charge in [-0.25, -0.2) is 4.39 Å². The molecule has 35 heavy (non-hydrogen) atoms. The van der Waals surface area contributed by atoms with E-state index < -0.39 is 6.04 Å². The summed E-state index contributed by atoms with van der Waals surface area (Å²) in [4.78, 5) is 28.2. The number of amides is 2. The van der Waals surface area contributed by atoms with E-state index in [1.54, 1.807) is 35.2 Å². The normalized spacial score (nSPS) is 11.7. The Kier molecular flexibility index (Phi) is 10.5. The zero-order chi connectivity index (χ0) is 25.2. The molecule has 8 heteroatoms. The highest BCUT2D eigenvalue weighted by atomic mass is 35.5. The lowest BCUT2D eigenvalue weighted by molar-refractivity contribution is -0.139. The summed E-state index contributed by atoms with van der Waals surface area (Å²) in [5.74, 6) is -0.000487. The fraction of sp³-hybridized carbons (Fsp3) is 0.259. The number of hydrogen-bond donors (Lipinski definition) is 1. The van der Waals surface area contributed by atoms with Crippen molar-refractivity contribution in [2.75, 3.05) is 12.3 Å². The predicted molar refractivity (Wildman–Crippen MR) is 142 cm³/mol. The number of rotatable bonds is 11. The molecule has 0 aliphatic carbocycles. The summed E-state index contributed by atoms with van der Waals surface area (Å²) in [6, 6.07) is 20.2. The van der Waals surface area contributed by atoms with Crippen molar-refractivity contribution in [1.29, 1.82) is 0 Å². The molecule has 0 fully saturated rings. The second kappa shape index (κ2) is 13.5. The molecule has 0 saturated heterocycles. The van der Waals surface area contributed by atoms with Crippen molar-refractivity contribution >= 4 is 46.8 Å². The molecule has 2 amide bonds. The largest absolute Gasteiger partial charge is 0.355 e. The molecule has 0 aromatic heterocycles. The Balaban J connectivity index is 1.85. The van der Waals surface area contributed by atoms with E-state index in [9.17, 15) is 14.0 Å². The van der Waals surface area contributed by atoms with E-state index in [2.05, 4.69) is 5.32 Å². The van der Waals surface area contributed by atoms with Crippen LogP contribution in [0.15, 0.2) is 72.8 Å². The van der Waals surface area contributed by atoms with Crippen molar-refractivity contribution in [1.82, 2.24) is 10.2 Å². The molecular weight excluding hydrogens is 506 g/mol. The number of nitrogens with zero attached hydrogens (tertiary/aromatic N) is 1. The molecule has 0 aliphatic rings. The van der Waals surface area contributed by atoms with Crippen molar-refractivity contribution in [3.05, 3.63) is 105 Å². The Morgan fingerprint density at radius 2 is 1.71 bits per heavy atom. The number of benzene rings is 3. The summed E-state index contributed by atoms with van der Waals surface area (Å²) >= 11 is 13.9. The fourth-order valence-electron chi connectivity index (χ4n) is 3.60. The van der Waals surface area contributed by atoms with Crippen LogP contribution in [0.1, 0.15) is 23.6 Å². The highest BCUT2D eigenvalue weighted by Crippen LogP contribution is 2.25. The summed E-state index contributed by atoms with van der Waals surface area (Å²) in [5, 5.41) is 3.80. The maximum absolute atomic E-state index is 13.5. The van der Waals surface area contributed by atoms with E-state index in [1.165, 1.54) is 23.9 Å². The Hall–Kier alpha value is -2.54. The summed E-state index contributed by atoms with van der Waals surface area (Å²) in [6.07, 6.45) is 0.367. The van der Waals surface area contributed by atoms with Gasteiger partial charge in [-0.05, 0) is 47.9 Å². The van der Waals surface area contributed by atoms with E-state index in [0.717, 1.165) is 11.1 Å². The second-order valence-corrected chi connectivity index (χ2v) is 9.81. The molecule has 184 valence electrons. The summed E-state index contributed by atoms with van der Waals surface area (Å²) in [5.41, 5.74) is 2.57. The number of hydrogen-bond acceptors (Lipinski definition) is 3. The zero-order valence-electron chi connectivity index (χ0n) is 19.3. The maximum Gasteiger partial charge on any atom is 0.243 e. The van der Waals surface area contributed by atoms with Crippen LogP contribution >= 0.6 is 35.0 Å². The van der Waals surface area contributed by atoms with Gasteiger partial charge in [0.2, 0.25) is 11.8 Å². The number of halogens is 3. The SMILES string of the molecule is CCNC(=O)[C@H](Cc1ccccc1)N(Cc1ccc(Cl)cc1Cl)C(=O)CSCc1ccc(F)cc1. The first-order valence-electron chi connectivity index (χ1n) is 11.2. The van der Waals surface area contributed by atoms with Crippen LogP contribution in [0, 0.1) is 5.82 Å². The van der Waals surface area contributed by atoms with Gasteiger partial charge in [-0.15, -0.1) is 11.8 Å². The number of carbonyl (C=O) groups excluding carboxylic acids is 2. The second-order valence-electron chi connectivity index (χ2n) is 7.98. The van der Waals surface area contributed by atoms with Crippen LogP contribution in [-0.4, -0.2) is 35.1 Å². The van der Waals surface area contributed by atoms with E-state index in [-0.39, 0.29) is 29.9 Å². The highest BCUT2D eigenvalue weighted by Gasteiger charge is 2.30. The molecule has 0 radical (unpaired) electrons. The molecule has 0 unspecified atom stereocenters. The van der Waals surface area contributed by atoms with Crippen LogP contribution in [0.2, 0.25) is 10.0 Å². The highest BCUT2D eigenvalue weighted by molar-refractivity contribution is 7.99. The molecule has 1 N–H and O–H groups in total. The molecule has 0 bridgehead atoms. The van der Waals surface area contributed by atoms with Crippen LogP contribution in [0.25, 0.3) is 0 Å². The first-order valence-corrected chi connectivity index (χ1v) is 13.2. The molecule has 4 nitrogen and oxygen atoms in total. The van der Waals surface area contributed by atoms with Gasteiger partial charge in [-0.2, -0.15) is 0 Å². The van der Waals surface area contributed by atoms with Crippen molar-refractivity contribution in [2.45, 2.75) is 31.7 Å². The van der Waals surface area contributed by atoms with Crippen molar-refractivity contribution in [3.63, 3.8) is 0 Å². The number of thioether (sulfide) groups is 1. The molecular formula is C27H27Cl2FN2O2S. The fourth-order valence-corrected chi connectivity index (χ4v) is 4.94. The van der Waals surface area contributed by atoms with Gasteiger partial charge in [0.05, 0.1) is 5.75 Å². The minimum absolute atomic E-state index is 0.160. The third-order valence-electron chi connectivity index (χ3n) is 5.39. The summed E-state index contributed by atoms with van der Waals surface area (Å²) < 4.78 is 13.2. The minimum Gasteiger partial charge on any atom is -0.355 e. The van der Waals surface area contributed by atoms with Crippen LogP contribution < -0.4 is 5.32 Å². The maximum atomic E-state index is 13.5. The number of nitrogens with one attached hydrogen (secondary N) is 1. The van der Waals surface area contributed by atoms with Gasteiger partial charge in [0.25, 0.3) is 0 Å². The van der Waals surface area contributed by atoms with Gasteiger partial charge in [0.1, 0.15) is 11.9 Å².